The molecule has 9 nitrogen and oxygen atoms in total. The molecule has 3 rings (SSSR count). The number of nitrogens with zero attached hydrogens (tertiary/aromatic N) is 1. The average molecular weight is 519 g/mol. The lowest BCUT2D eigenvalue weighted by Gasteiger charge is -2.05. The van der Waals surface area contributed by atoms with Gasteiger partial charge in [0.15, 0.2) is 0 Å². The van der Waals surface area contributed by atoms with Gasteiger partial charge in [-0.2, -0.15) is 5.10 Å². The lowest BCUT2D eigenvalue weighted by molar-refractivity contribution is -0.136. The fourth-order valence-corrected chi connectivity index (χ4v) is 3.71. The number of furan rings is 1. The summed E-state index contributed by atoms with van der Waals surface area (Å²) >= 11 is 3.28. The minimum Gasteiger partial charge on any atom is -0.459 e. The second-order valence-electron chi connectivity index (χ2n) is 6.60. The predicted molar refractivity (Wildman–Crippen MR) is 122 cm³/mol. The molecule has 2 aromatic carbocycles. The van der Waals surface area contributed by atoms with Gasteiger partial charge in [-0.3, -0.25) is 9.59 Å². The first-order chi connectivity index (χ1) is 15.2. The minimum absolute atomic E-state index is 0.0635. The molecule has 3 N–H and O–H groups in total. The molecule has 0 aliphatic heterocycles. The highest BCUT2D eigenvalue weighted by atomic mass is 79.9. The van der Waals surface area contributed by atoms with Gasteiger partial charge in [0.25, 0.3) is 0 Å². The molecular formula is C21H19BrN4O5S. The molecule has 3 aromatic rings. The molecule has 1 aromatic heterocycles. The molecule has 32 heavy (non-hydrogen) atoms. The Hall–Kier alpha value is -3.28. The Balaban J connectivity index is 1.49. The number of halogens is 1. The number of sulfonamides is 1. The molecule has 166 valence electrons. The number of carbonyl (C=O) groups excluding carboxylic acids is 2. The molecule has 0 aliphatic rings. The maximum atomic E-state index is 12.3. The zero-order chi connectivity index (χ0) is 23.1. The summed E-state index contributed by atoms with van der Waals surface area (Å²) in [6, 6.07) is 16.3. The Morgan fingerprint density at radius 1 is 1.00 bits per heavy atom. The Morgan fingerprint density at radius 3 is 2.38 bits per heavy atom. The van der Waals surface area contributed by atoms with Crippen LogP contribution >= 0.6 is 15.9 Å². The van der Waals surface area contributed by atoms with Gasteiger partial charge in [0.2, 0.25) is 10.0 Å². The topological polar surface area (TPSA) is 130 Å². The quantitative estimate of drug-likeness (QED) is 0.251. The number of aryl methyl sites for hydroxylation is 1. The Labute approximate surface area is 193 Å². The van der Waals surface area contributed by atoms with Crippen molar-refractivity contribution in [1.29, 1.82) is 0 Å². The predicted octanol–water partition coefficient (Wildman–Crippen LogP) is 2.92. The van der Waals surface area contributed by atoms with Crippen molar-refractivity contribution in [2.45, 2.75) is 18.4 Å². The lowest BCUT2D eigenvalue weighted by atomic mass is 10.2. The smallest absolute Gasteiger partial charge is 0.329 e. The van der Waals surface area contributed by atoms with Gasteiger partial charge in [-0.05, 0) is 55.5 Å². The van der Waals surface area contributed by atoms with Crippen LogP contribution in [0.25, 0.3) is 0 Å². The highest BCUT2D eigenvalue weighted by Gasteiger charge is 2.15. The molecule has 0 radical (unpaired) electrons. The van der Waals surface area contributed by atoms with Crippen LogP contribution in [0, 0.1) is 6.92 Å². The van der Waals surface area contributed by atoms with E-state index in [0.29, 0.717) is 11.4 Å². The van der Waals surface area contributed by atoms with Gasteiger partial charge in [-0.25, -0.2) is 18.6 Å². The van der Waals surface area contributed by atoms with Gasteiger partial charge in [-0.15, -0.1) is 0 Å². The third-order valence-electron chi connectivity index (χ3n) is 4.12. The van der Waals surface area contributed by atoms with Crippen LogP contribution in [0.1, 0.15) is 17.1 Å². The number of hydrogen-bond donors (Lipinski definition) is 3. The maximum absolute atomic E-state index is 12.3. The first-order valence-corrected chi connectivity index (χ1v) is 11.6. The van der Waals surface area contributed by atoms with E-state index in [1.54, 1.807) is 48.5 Å². The standard InChI is InChI=1S/C21H19BrN4O5S/c1-14-2-10-19(11-3-14)32(29,30)24-13-18-9-8-17(31-18)12-23-26-21(28)20(27)25-16-6-4-15(22)5-7-16/h2-12,24H,13H2,1H3,(H,25,27)(H,26,28)/b23-12+. The van der Waals surface area contributed by atoms with Crippen molar-refractivity contribution in [3.8, 4) is 0 Å². The van der Waals surface area contributed by atoms with Crippen molar-refractivity contribution >= 4 is 49.7 Å². The van der Waals surface area contributed by atoms with Crippen molar-refractivity contribution in [3.63, 3.8) is 0 Å². The number of rotatable bonds is 7. The molecule has 0 saturated carbocycles. The molecule has 1 heterocycles. The van der Waals surface area contributed by atoms with Gasteiger partial charge >= 0.3 is 11.8 Å². The van der Waals surface area contributed by atoms with Gasteiger partial charge in [-0.1, -0.05) is 33.6 Å². The van der Waals surface area contributed by atoms with Gasteiger partial charge in [0.1, 0.15) is 11.5 Å². The fourth-order valence-electron chi connectivity index (χ4n) is 2.45. The Kier molecular flexibility index (Phi) is 7.57. The van der Waals surface area contributed by atoms with Crippen LogP contribution in [-0.4, -0.2) is 26.4 Å². The largest absolute Gasteiger partial charge is 0.459 e. The van der Waals surface area contributed by atoms with Crippen molar-refractivity contribution < 1.29 is 22.4 Å². The normalized spacial score (nSPS) is 11.4. The third kappa shape index (κ3) is 6.61. The number of hydrazone groups is 1. The summed E-state index contributed by atoms with van der Waals surface area (Å²) in [5.41, 5.74) is 3.51. The zero-order valence-corrected chi connectivity index (χ0v) is 19.2. The SMILES string of the molecule is Cc1ccc(S(=O)(=O)NCc2ccc(/C=N/NC(=O)C(=O)Nc3ccc(Br)cc3)o2)cc1. The van der Waals surface area contributed by atoms with Crippen LogP contribution in [-0.2, 0) is 26.2 Å². The molecule has 0 aliphatic carbocycles. The second-order valence-corrected chi connectivity index (χ2v) is 9.28. The maximum Gasteiger partial charge on any atom is 0.329 e. The van der Waals surface area contributed by atoms with E-state index in [1.165, 1.54) is 18.3 Å². The van der Waals surface area contributed by atoms with E-state index >= 15 is 0 Å². The van der Waals surface area contributed by atoms with Crippen molar-refractivity contribution in [1.82, 2.24) is 10.1 Å². The number of anilines is 1. The summed E-state index contributed by atoms with van der Waals surface area (Å²) in [6.07, 6.45) is 1.20. The fraction of sp³-hybridized carbons (Fsp3) is 0.0952. The van der Waals surface area contributed by atoms with E-state index in [2.05, 4.69) is 36.5 Å². The third-order valence-corrected chi connectivity index (χ3v) is 6.06. The van der Waals surface area contributed by atoms with Gasteiger partial charge in [0, 0.05) is 10.2 Å². The van der Waals surface area contributed by atoms with Crippen molar-refractivity contribution in [3.05, 3.63) is 82.2 Å². The lowest BCUT2D eigenvalue weighted by Crippen LogP contribution is -2.32. The highest BCUT2D eigenvalue weighted by Crippen LogP contribution is 2.14. The summed E-state index contributed by atoms with van der Waals surface area (Å²) in [7, 11) is -3.68. The van der Waals surface area contributed by atoms with Crippen molar-refractivity contribution in [2.75, 3.05) is 5.32 Å². The van der Waals surface area contributed by atoms with Gasteiger partial charge < -0.3 is 9.73 Å². The number of nitrogens with one attached hydrogen (secondary N) is 3. The van der Waals surface area contributed by atoms with E-state index in [1.807, 2.05) is 6.92 Å². The monoisotopic (exact) mass is 518 g/mol. The molecule has 0 saturated heterocycles. The van der Waals surface area contributed by atoms with Crippen LogP contribution in [0.4, 0.5) is 5.69 Å². The summed E-state index contributed by atoms with van der Waals surface area (Å²) in [6.45, 7) is 1.80. The van der Waals surface area contributed by atoms with E-state index in [-0.39, 0.29) is 17.2 Å². The van der Waals surface area contributed by atoms with Crippen molar-refractivity contribution in [2.24, 2.45) is 5.10 Å². The van der Waals surface area contributed by atoms with Crippen LogP contribution in [0.3, 0.4) is 0 Å². The van der Waals surface area contributed by atoms with Crippen LogP contribution in [0.15, 0.2) is 79.6 Å². The summed E-state index contributed by atoms with van der Waals surface area (Å²) < 4.78 is 33.4. The van der Waals surface area contributed by atoms with Gasteiger partial charge in [0.05, 0.1) is 17.7 Å². The van der Waals surface area contributed by atoms with E-state index in [9.17, 15) is 18.0 Å². The molecule has 2 amide bonds. The second kappa shape index (κ2) is 10.4. The molecular weight excluding hydrogens is 500 g/mol. The summed E-state index contributed by atoms with van der Waals surface area (Å²) in [4.78, 5) is 23.8. The van der Waals surface area contributed by atoms with Crippen LogP contribution in [0.2, 0.25) is 0 Å². The number of amides is 2. The van der Waals surface area contributed by atoms with E-state index < -0.39 is 21.8 Å². The number of benzene rings is 2. The van der Waals surface area contributed by atoms with Crippen LogP contribution < -0.4 is 15.5 Å². The highest BCUT2D eigenvalue weighted by molar-refractivity contribution is 9.10. The molecule has 11 heteroatoms. The van der Waals surface area contributed by atoms with Crippen LogP contribution in [0.5, 0.6) is 0 Å². The molecule has 0 unspecified atom stereocenters. The Bertz CT molecular complexity index is 1240. The molecule has 0 spiro atoms. The number of hydrogen-bond acceptors (Lipinski definition) is 6. The minimum atomic E-state index is -3.68. The first-order valence-electron chi connectivity index (χ1n) is 9.28. The molecule has 0 bridgehead atoms. The number of carbonyl (C=O) groups is 2. The Morgan fingerprint density at radius 2 is 1.69 bits per heavy atom. The zero-order valence-electron chi connectivity index (χ0n) is 16.8. The van der Waals surface area contributed by atoms with E-state index in [4.69, 9.17) is 4.42 Å². The average Bonchev–Trinajstić information content (AvgIpc) is 3.22. The first kappa shape index (κ1) is 23.4. The molecule has 0 atom stereocenters. The summed E-state index contributed by atoms with van der Waals surface area (Å²) in [5.74, 6) is -1.22. The van der Waals surface area contributed by atoms with E-state index in [0.717, 1.165) is 10.0 Å². The summed E-state index contributed by atoms with van der Waals surface area (Å²) in [5, 5.41) is 6.11. The molecule has 0 fully saturated rings.